The van der Waals surface area contributed by atoms with Crippen LogP contribution in [-0.2, 0) is 16.1 Å². The van der Waals surface area contributed by atoms with E-state index in [9.17, 15) is 9.59 Å². The molecule has 0 saturated heterocycles. The molecule has 3 heteroatoms. The molecule has 1 aromatic carbocycles. The molecule has 0 spiro atoms. The van der Waals surface area contributed by atoms with E-state index in [1.54, 1.807) is 19.1 Å². The van der Waals surface area contributed by atoms with Gasteiger partial charge in [-0.1, -0.05) is 44.4 Å². The summed E-state index contributed by atoms with van der Waals surface area (Å²) >= 11 is 0. The third kappa shape index (κ3) is 3.65. The fourth-order valence-electron chi connectivity index (χ4n) is 1.83. The summed E-state index contributed by atoms with van der Waals surface area (Å²) in [6, 6.07) is 5.72. The molecule has 2 amide bonds. The van der Waals surface area contributed by atoms with Crippen LogP contribution in [0.5, 0.6) is 0 Å². The molecular formula is C16H19NO2. The van der Waals surface area contributed by atoms with Crippen molar-refractivity contribution in [1.29, 1.82) is 0 Å². The molecule has 19 heavy (non-hydrogen) atoms. The topological polar surface area (TPSA) is 37.4 Å². The van der Waals surface area contributed by atoms with Gasteiger partial charge in [0.05, 0.1) is 6.54 Å². The van der Waals surface area contributed by atoms with Crippen molar-refractivity contribution in [2.24, 2.45) is 0 Å². The van der Waals surface area contributed by atoms with Crippen LogP contribution < -0.4 is 0 Å². The van der Waals surface area contributed by atoms with Gasteiger partial charge in [0, 0.05) is 13.3 Å². The zero-order chi connectivity index (χ0) is 14.4. The van der Waals surface area contributed by atoms with Gasteiger partial charge in [0.15, 0.2) is 0 Å². The van der Waals surface area contributed by atoms with E-state index in [0.717, 1.165) is 16.7 Å². The number of imide groups is 1. The van der Waals surface area contributed by atoms with Crippen molar-refractivity contribution in [3.8, 4) is 0 Å². The summed E-state index contributed by atoms with van der Waals surface area (Å²) in [6.45, 7) is 10.9. The molecule has 0 aliphatic heterocycles. The molecule has 1 aromatic rings. The Morgan fingerprint density at radius 2 is 1.84 bits per heavy atom. The van der Waals surface area contributed by atoms with E-state index in [1.807, 2.05) is 18.2 Å². The normalized spacial score (nSPS) is 9.79. The molecule has 0 N–H and O–H groups in total. The lowest BCUT2D eigenvalue weighted by atomic mass is 10.0. The molecule has 100 valence electrons. The van der Waals surface area contributed by atoms with Crippen LogP contribution in [0.15, 0.2) is 31.4 Å². The molecule has 0 aliphatic carbocycles. The smallest absolute Gasteiger partial charge is 0.229 e. The van der Waals surface area contributed by atoms with Crippen LogP contribution in [0.3, 0.4) is 0 Å². The van der Waals surface area contributed by atoms with Crippen molar-refractivity contribution < 1.29 is 9.59 Å². The highest BCUT2D eigenvalue weighted by Gasteiger charge is 2.16. The number of carbonyl (C=O) groups is 2. The first-order valence-electron chi connectivity index (χ1n) is 6.22. The van der Waals surface area contributed by atoms with E-state index >= 15 is 0 Å². The van der Waals surface area contributed by atoms with E-state index in [0.29, 0.717) is 13.0 Å². The van der Waals surface area contributed by atoms with Crippen molar-refractivity contribution in [2.75, 3.05) is 0 Å². The number of benzene rings is 1. The van der Waals surface area contributed by atoms with Gasteiger partial charge in [-0.2, -0.15) is 0 Å². The van der Waals surface area contributed by atoms with Crippen molar-refractivity contribution in [2.45, 2.75) is 26.8 Å². The molecule has 0 atom stereocenters. The average Bonchev–Trinajstić information content (AvgIpc) is 2.43. The Bertz CT molecular complexity index is 517. The molecule has 0 aliphatic rings. The number of hydrogen-bond acceptors (Lipinski definition) is 2. The zero-order valence-corrected chi connectivity index (χ0v) is 11.5. The highest BCUT2D eigenvalue weighted by molar-refractivity contribution is 5.93. The van der Waals surface area contributed by atoms with Crippen molar-refractivity contribution >= 4 is 24.0 Å². The molecule has 0 unspecified atom stereocenters. The quantitative estimate of drug-likeness (QED) is 0.812. The van der Waals surface area contributed by atoms with Crippen LogP contribution in [0.2, 0.25) is 0 Å². The first-order chi connectivity index (χ1) is 9.03. The molecule has 0 fully saturated rings. The Kier molecular flexibility index (Phi) is 5.24. The fraction of sp³-hybridized carbons (Fsp3) is 0.250. The predicted molar refractivity (Wildman–Crippen MR) is 78.1 cm³/mol. The van der Waals surface area contributed by atoms with Crippen molar-refractivity contribution in [1.82, 2.24) is 4.90 Å². The lowest BCUT2D eigenvalue weighted by Crippen LogP contribution is -2.34. The third-order valence-electron chi connectivity index (χ3n) is 2.92. The second kappa shape index (κ2) is 6.69. The highest BCUT2D eigenvalue weighted by Crippen LogP contribution is 2.16. The Morgan fingerprint density at radius 1 is 1.21 bits per heavy atom. The summed E-state index contributed by atoms with van der Waals surface area (Å²) in [4.78, 5) is 24.5. The first-order valence-corrected chi connectivity index (χ1v) is 6.22. The largest absolute Gasteiger partial charge is 0.278 e. The Morgan fingerprint density at radius 3 is 2.32 bits per heavy atom. The summed E-state index contributed by atoms with van der Waals surface area (Å²) in [5, 5.41) is 0. The van der Waals surface area contributed by atoms with E-state index in [-0.39, 0.29) is 11.8 Å². The van der Waals surface area contributed by atoms with Gasteiger partial charge in [-0.25, -0.2) is 0 Å². The van der Waals surface area contributed by atoms with Crippen LogP contribution in [0.4, 0.5) is 0 Å². The van der Waals surface area contributed by atoms with Crippen LogP contribution in [0.25, 0.3) is 12.2 Å². The standard InChI is InChI=1S/C16H19NO2/c1-5-14-9-8-13(10-15(14)6-2)11-17(12(4)18)16(19)7-3/h5-6,8-10H,1-2,7,11H2,3-4H3. The fourth-order valence-corrected chi connectivity index (χ4v) is 1.83. The van der Waals surface area contributed by atoms with Gasteiger partial charge in [0.2, 0.25) is 11.8 Å². The number of carbonyl (C=O) groups excluding carboxylic acids is 2. The Balaban J connectivity index is 3.03. The van der Waals surface area contributed by atoms with E-state index in [2.05, 4.69) is 13.2 Å². The van der Waals surface area contributed by atoms with Gasteiger partial charge in [0.25, 0.3) is 0 Å². The summed E-state index contributed by atoms with van der Waals surface area (Å²) in [6.07, 6.45) is 3.81. The average molecular weight is 257 g/mol. The van der Waals surface area contributed by atoms with Crippen LogP contribution in [0.1, 0.15) is 37.0 Å². The maximum Gasteiger partial charge on any atom is 0.229 e. The van der Waals surface area contributed by atoms with E-state index in [4.69, 9.17) is 0 Å². The molecule has 3 nitrogen and oxygen atoms in total. The Hall–Kier alpha value is -2.16. The second-order valence-corrected chi connectivity index (χ2v) is 4.22. The molecule has 0 aromatic heterocycles. The molecule has 0 heterocycles. The molecular weight excluding hydrogens is 238 g/mol. The van der Waals surface area contributed by atoms with Gasteiger partial charge >= 0.3 is 0 Å². The lowest BCUT2D eigenvalue weighted by Gasteiger charge is -2.19. The second-order valence-electron chi connectivity index (χ2n) is 4.22. The maximum atomic E-state index is 11.7. The summed E-state index contributed by atoms with van der Waals surface area (Å²) < 4.78 is 0. The van der Waals surface area contributed by atoms with E-state index < -0.39 is 0 Å². The highest BCUT2D eigenvalue weighted by atomic mass is 16.2. The van der Waals surface area contributed by atoms with Crippen molar-refractivity contribution in [3.05, 3.63) is 48.0 Å². The Labute approximate surface area is 114 Å². The monoisotopic (exact) mass is 257 g/mol. The maximum absolute atomic E-state index is 11.7. The minimum Gasteiger partial charge on any atom is -0.278 e. The van der Waals surface area contributed by atoms with Gasteiger partial charge in [-0.05, 0) is 22.8 Å². The zero-order valence-electron chi connectivity index (χ0n) is 11.5. The number of amides is 2. The molecule has 1 rings (SSSR count). The third-order valence-corrected chi connectivity index (χ3v) is 2.92. The summed E-state index contributed by atoms with van der Waals surface area (Å²) in [5.41, 5.74) is 2.83. The number of hydrogen-bond donors (Lipinski definition) is 0. The molecule has 0 saturated carbocycles. The first kappa shape index (κ1) is 14.9. The van der Waals surface area contributed by atoms with Gasteiger partial charge in [0.1, 0.15) is 0 Å². The van der Waals surface area contributed by atoms with Crippen LogP contribution >= 0.6 is 0 Å². The number of nitrogens with zero attached hydrogens (tertiary/aromatic N) is 1. The van der Waals surface area contributed by atoms with Crippen molar-refractivity contribution in [3.63, 3.8) is 0 Å². The van der Waals surface area contributed by atoms with Crippen LogP contribution in [0, 0.1) is 0 Å². The molecule has 0 radical (unpaired) electrons. The summed E-state index contributed by atoms with van der Waals surface area (Å²) in [7, 11) is 0. The minimum absolute atomic E-state index is 0.166. The predicted octanol–water partition coefficient (Wildman–Crippen LogP) is 3.26. The minimum atomic E-state index is -0.236. The SMILES string of the molecule is C=Cc1ccc(CN(C(C)=O)C(=O)CC)cc1C=C. The van der Waals surface area contributed by atoms with Gasteiger partial charge < -0.3 is 0 Å². The van der Waals surface area contributed by atoms with Gasteiger partial charge in [-0.15, -0.1) is 0 Å². The molecule has 0 bridgehead atoms. The number of rotatable bonds is 5. The van der Waals surface area contributed by atoms with E-state index in [1.165, 1.54) is 11.8 Å². The van der Waals surface area contributed by atoms with Gasteiger partial charge in [-0.3, -0.25) is 14.5 Å². The summed E-state index contributed by atoms with van der Waals surface area (Å²) in [5.74, 6) is -0.403. The van der Waals surface area contributed by atoms with Crippen LogP contribution in [-0.4, -0.2) is 16.7 Å². The lowest BCUT2D eigenvalue weighted by molar-refractivity contribution is -0.144.